The number of primary amides is 1. The smallest absolute Gasteiger partial charge is 0.365 e. The lowest BCUT2D eigenvalue weighted by atomic mass is 9.82. The normalized spacial score (nSPS) is 24.2. The SMILES string of the molecule is C[C@H](NC1CC[C@H](n2cc(C(N)=O)c(Nc3ccc(C(F)(F)F)cc3)n2)[C@@H](C#N)C1)C1CC1. The van der Waals surface area contributed by atoms with E-state index in [0.717, 1.165) is 24.5 Å². The number of rotatable bonds is 7. The van der Waals surface area contributed by atoms with Gasteiger partial charge < -0.3 is 16.4 Å². The maximum absolute atomic E-state index is 12.8. The van der Waals surface area contributed by atoms with Gasteiger partial charge in [0.2, 0.25) is 0 Å². The molecule has 1 amide bonds. The van der Waals surface area contributed by atoms with E-state index >= 15 is 0 Å². The van der Waals surface area contributed by atoms with E-state index in [1.54, 1.807) is 4.68 Å². The van der Waals surface area contributed by atoms with Gasteiger partial charge in [-0.3, -0.25) is 9.48 Å². The quantitative estimate of drug-likeness (QED) is 0.569. The van der Waals surface area contributed by atoms with Gasteiger partial charge in [0.05, 0.1) is 23.6 Å². The highest BCUT2D eigenvalue weighted by Gasteiger charge is 2.36. The molecule has 0 radical (unpaired) electrons. The largest absolute Gasteiger partial charge is 0.416 e. The zero-order chi connectivity index (χ0) is 23.8. The zero-order valence-corrected chi connectivity index (χ0v) is 18.3. The van der Waals surface area contributed by atoms with Crippen LogP contribution in [-0.4, -0.2) is 27.8 Å². The van der Waals surface area contributed by atoms with Crippen molar-refractivity contribution in [3.63, 3.8) is 0 Å². The summed E-state index contributed by atoms with van der Waals surface area (Å²) >= 11 is 0. The first kappa shape index (κ1) is 23.1. The first-order valence-electron chi connectivity index (χ1n) is 11.1. The summed E-state index contributed by atoms with van der Waals surface area (Å²) in [7, 11) is 0. The molecule has 10 heteroatoms. The molecule has 7 nitrogen and oxygen atoms in total. The van der Waals surface area contributed by atoms with Crippen molar-refractivity contribution >= 4 is 17.4 Å². The van der Waals surface area contributed by atoms with Crippen LogP contribution in [-0.2, 0) is 6.18 Å². The number of benzene rings is 1. The lowest BCUT2D eigenvalue weighted by Crippen LogP contribution is -2.43. The van der Waals surface area contributed by atoms with Crippen molar-refractivity contribution in [1.82, 2.24) is 15.1 Å². The van der Waals surface area contributed by atoms with Gasteiger partial charge in [0.15, 0.2) is 5.82 Å². The molecule has 2 saturated carbocycles. The molecule has 4 rings (SSSR count). The van der Waals surface area contributed by atoms with Gasteiger partial charge in [-0.25, -0.2) is 0 Å². The van der Waals surface area contributed by atoms with E-state index in [4.69, 9.17) is 5.73 Å². The van der Waals surface area contributed by atoms with Crippen molar-refractivity contribution in [2.24, 2.45) is 17.6 Å². The number of hydrogen-bond donors (Lipinski definition) is 3. The summed E-state index contributed by atoms with van der Waals surface area (Å²) in [5, 5.41) is 20.8. The van der Waals surface area contributed by atoms with Crippen molar-refractivity contribution in [1.29, 1.82) is 5.26 Å². The lowest BCUT2D eigenvalue weighted by Gasteiger charge is -2.34. The standard InChI is InChI=1S/C23H27F3N6O/c1-13(14-2-3-14)29-18-8-9-20(15(10-18)11-27)32-12-19(21(28)33)22(31-32)30-17-6-4-16(5-7-17)23(24,25)26/h4-7,12-15,18,20,29H,2-3,8-10H2,1H3,(H2,28,33)(H,30,31)/t13-,15+,18?,20-/m0/s1. The Morgan fingerprint density at radius 2 is 1.94 bits per heavy atom. The maximum atomic E-state index is 12.8. The molecule has 2 aliphatic rings. The van der Waals surface area contributed by atoms with Crippen LogP contribution in [0.25, 0.3) is 0 Å². The Balaban J connectivity index is 1.50. The Kier molecular flexibility index (Phi) is 6.34. The Labute approximate surface area is 190 Å². The third-order valence-corrected chi connectivity index (χ3v) is 6.62. The van der Waals surface area contributed by atoms with Crippen LogP contribution in [0.5, 0.6) is 0 Å². The van der Waals surface area contributed by atoms with Gasteiger partial charge in [0.1, 0.15) is 5.56 Å². The van der Waals surface area contributed by atoms with Crippen LogP contribution in [0, 0.1) is 23.2 Å². The summed E-state index contributed by atoms with van der Waals surface area (Å²) in [5.41, 5.74) is 5.20. The van der Waals surface area contributed by atoms with Crippen LogP contribution in [0.1, 0.15) is 61.0 Å². The van der Waals surface area contributed by atoms with E-state index in [1.807, 2.05) is 0 Å². The minimum absolute atomic E-state index is 0.120. The van der Waals surface area contributed by atoms with Crippen LogP contribution in [0.4, 0.5) is 24.7 Å². The van der Waals surface area contributed by atoms with E-state index in [9.17, 15) is 23.2 Å². The highest BCUT2D eigenvalue weighted by Crippen LogP contribution is 2.37. The summed E-state index contributed by atoms with van der Waals surface area (Å²) < 4.78 is 40.0. The van der Waals surface area contributed by atoms with Crippen molar-refractivity contribution in [3.8, 4) is 6.07 Å². The van der Waals surface area contributed by atoms with E-state index in [-0.39, 0.29) is 29.4 Å². The Morgan fingerprint density at radius 1 is 1.24 bits per heavy atom. The first-order chi connectivity index (χ1) is 15.7. The molecule has 0 aliphatic heterocycles. The predicted octanol–water partition coefficient (Wildman–Crippen LogP) is 4.37. The molecule has 4 N–H and O–H groups in total. The number of aromatic nitrogens is 2. The number of nitriles is 1. The Hall–Kier alpha value is -3.06. The number of halogens is 3. The topological polar surface area (TPSA) is 109 Å². The molecule has 2 aliphatic carbocycles. The van der Waals surface area contributed by atoms with Crippen LogP contribution in [0.3, 0.4) is 0 Å². The molecule has 1 aromatic heterocycles. The molecular weight excluding hydrogens is 433 g/mol. The third-order valence-electron chi connectivity index (χ3n) is 6.62. The fourth-order valence-corrected chi connectivity index (χ4v) is 4.58. The summed E-state index contributed by atoms with van der Waals surface area (Å²) in [6.07, 6.45) is 1.87. The highest BCUT2D eigenvalue weighted by molar-refractivity contribution is 5.98. The van der Waals surface area contributed by atoms with Crippen LogP contribution in [0.2, 0.25) is 0 Å². The monoisotopic (exact) mass is 460 g/mol. The number of anilines is 2. The average molecular weight is 461 g/mol. The van der Waals surface area contributed by atoms with Crippen LogP contribution >= 0.6 is 0 Å². The van der Waals surface area contributed by atoms with Crippen molar-refractivity contribution in [3.05, 3.63) is 41.6 Å². The van der Waals surface area contributed by atoms with Gasteiger partial charge in [-0.2, -0.15) is 23.5 Å². The van der Waals surface area contributed by atoms with E-state index in [0.29, 0.717) is 24.6 Å². The number of nitrogens with zero attached hydrogens (tertiary/aromatic N) is 3. The molecule has 0 bridgehead atoms. The second-order valence-electron chi connectivity index (χ2n) is 9.04. The van der Waals surface area contributed by atoms with Gasteiger partial charge in [-0.1, -0.05) is 0 Å². The molecule has 0 saturated heterocycles. The lowest BCUT2D eigenvalue weighted by molar-refractivity contribution is -0.137. The molecule has 4 atom stereocenters. The maximum Gasteiger partial charge on any atom is 0.416 e. The first-order valence-corrected chi connectivity index (χ1v) is 11.1. The minimum Gasteiger partial charge on any atom is -0.365 e. The van der Waals surface area contributed by atoms with Crippen molar-refractivity contribution in [2.75, 3.05) is 5.32 Å². The van der Waals surface area contributed by atoms with Gasteiger partial charge >= 0.3 is 6.18 Å². The number of hydrogen-bond acceptors (Lipinski definition) is 5. The molecule has 1 unspecified atom stereocenters. The third kappa shape index (κ3) is 5.30. The zero-order valence-electron chi connectivity index (χ0n) is 18.3. The average Bonchev–Trinajstić information content (AvgIpc) is 3.54. The number of carbonyl (C=O) groups excluding carboxylic acids is 1. The van der Waals surface area contributed by atoms with E-state index < -0.39 is 17.6 Å². The van der Waals surface area contributed by atoms with Crippen LogP contribution in [0.15, 0.2) is 30.5 Å². The van der Waals surface area contributed by atoms with Crippen LogP contribution < -0.4 is 16.4 Å². The molecule has 176 valence electrons. The molecular formula is C23H27F3N6O. The van der Waals surface area contributed by atoms with Crippen molar-refractivity contribution in [2.45, 2.75) is 63.3 Å². The van der Waals surface area contributed by atoms with Gasteiger partial charge in [-0.05, 0) is 69.2 Å². The highest BCUT2D eigenvalue weighted by atomic mass is 19.4. The number of carbonyl (C=O) groups is 1. The molecule has 1 aromatic carbocycles. The Bertz CT molecular complexity index is 1040. The Morgan fingerprint density at radius 3 is 2.52 bits per heavy atom. The fraction of sp³-hybridized carbons (Fsp3) is 0.522. The second-order valence-corrected chi connectivity index (χ2v) is 9.04. The molecule has 1 heterocycles. The molecule has 0 spiro atoms. The summed E-state index contributed by atoms with van der Waals surface area (Å²) in [4.78, 5) is 12.0. The second kappa shape index (κ2) is 9.06. The molecule has 2 fully saturated rings. The van der Waals surface area contributed by atoms with E-state index in [2.05, 4.69) is 28.7 Å². The number of amides is 1. The predicted molar refractivity (Wildman–Crippen MR) is 117 cm³/mol. The number of alkyl halides is 3. The minimum atomic E-state index is -4.44. The summed E-state index contributed by atoms with van der Waals surface area (Å²) in [5.74, 6) is -0.118. The van der Waals surface area contributed by atoms with Crippen molar-refractivity contribution < 1.29 is 18.0 Å². The van der Waals surface area contributed by atoms with Gasteiger partial charge in [-0.15, -0.1) is 0 Å². The summed E-state index contributed by atoms with van der Waals surface area (Å²) in [6, 6.07) is 7.30. The number of nitrogens with one attached hydrogen (secondary N) is 2. The van der Waals surface area contributed by atoms with E-state index in [1.165, 1.54) is 31.2 Å². The van der Waals surface area contributed by atoms with Gasteiger partial charge in [0.25, 0.3) is 5.91 Å². The fourth-order valence-electron chi connectivity index (χ4n) is 4.58. The molecule has 33 heavy (non-hydrogen) atoms. The molecule has 2 aromatic rings. The van der Waals surface area contributed by atoms with Gasteiger partial charge in [0, 0.05) is 24.0 Å². The summed E-state index contributed by atoms with van der Waals surface area (Å²) in [6.45, 7) is 2.19. The number of nitrogens with two attached hydrogens (primary N) is 1.